The molecule has 0 aromatic carbocycles. The Labute approximate surface area is 168 Å². The molecule has 7 heteroatoms. The number of nitrogens with zero attached hydrogens (tertiary/aromatic N) is 4. The standard InChI is InChI=1S/C18H32N6.HI/c1-19-17(20-11-16-12-21-18(23(2)3)24(16)4)22-15-9-8-13-6-5-7-14(13)10-15;/h12-15H,5-11H2,1-4H3,(H2,19,20,22);1H. The molecule has 2 saturated carbocycles. The zero-order chi connectivity index (χ0) is 17.1. The second kappa shape index (κ2) is 9.09. The van der Waals surface area contributed by atoms with Crippen molar-refractivity contribution < 1.29 is 0 Å². The molecule has 0 amide bonds. The van der Waals surface area contributed by atoms with Crippen LogP contribution in [0.5, 0.6) is 0 Å². The van der Waals surface area contributed by atoms with Crippen molar-refractivity contribution >= 4 is 35.9 Å². The van der Waals surface area contributed by atoms with Crippen LogP contribution in [0.3, 0.4) is 0 Å². The third kappa shape index (κ3) is 4.80. The summed E-state index contributed by atoms with van der Waals surface area (Å²) in [5.41, 5.74) is 1.15. The van der Waals surface area contributed by atoms with E-state index in [4.69, 9.17) is 0 Å². The Morgan fingerprint density at radius 3 is 2.72 bits per heavy atom. The van der Waals surface area contributed by atoms with Crippen LogP contribution >= 0.6 is 24.0 Å². The summed E-state index contributed by atoms with van der Waals surface area (Å²) in [6, 6.07) is 0.569. The van der Waals surface area contributed by atoms with Crippen LogP contribution in [0.15, 0.2) is 11.2 Å². The summed E-state index contributed by atoms with van der Waals surface area (Å²) in [4.78, 5) is 10.9. The number of fused-ring (bicyclic) bond motifs is 1. The molecule has 2 fully saturated rings. The van der Waals surface area contributed by atoms with Gasteiger partial charge in [0.2, 0.25) is 5.95 Å². The molecule has 0 aliphatic heterocycles. The van der Waals surface area contributed by atoms with Crippen LogP contribution in [0.1, 0.15) is 44.2 Å². The Morgan fingerprint density at radius 1 is 1.28 bits per heavy atom. The summed E-state index contributed by atoms with van der Waals surface area (Å²) >= 11 is 0. The van der Waals surface area contributed by atoms with Gasteiger partial charge in [-0.05, 0) is 31.1 Å². The Kier molecular flexibility index (Phi) is 7.39. The van der Waals surface area contributed by atoms with E-state index in [0.717, 1.165) is 36.0 Å². The Morgan fingerprint density at radius 2 is 2.04 bits per heavy atom. The first kappa shape index (κ1) is 20.3. The lowest BCUT2D eigenvalue weighted by molar-refractivity contribution is 0.239. The molecule has 1 heterocycles. The lowest BCUT2D eigenvalue weighted by Crippen LogP contribution is -2.45. The predicted octanol–water partition coefficient (Wildman–Crippen LogP) is 2.74. The first-order valence-corrected chi connectivity index (χ1v) is 9.23. The maximum absolute atomic E-state index is 4.46. The van der Waals surface area contributed by atoms with Gasteiger partial charge >= 0.3 is 0 Å². The van der Waals surface area contributed by atoms with Gasteiger partial charge in [-0.3, -0.25) is 4.99 Å². The third-order valence-corrected chi connectivity index (χ3v) is 5.75. The van der Waals surface area contributed by atoms with Crippen LogP contribution in [0.25, 0.3) is 0 Å². The summed E-state index contributed by atoms with van der Waals surface area (Å²) in [5.74, 6) is 3.81. The van der Waals surface area contributed by atoms with Gasteiger partial charge in [-0.2, -0.15) is 0 Å². The van der Waals surface area contributed by atoms with E-state index in [1.54, 1.807) is 0 Å². The van der Waals surface area contributed by atoms with Gasteiger partial charge < -0.3 is 20.1 Å². The molecule has 25 heavy (non-hydrogen) atoms. The maximum atomic E-state index is 4.46. The molecule has 0 radical (unpaired) electrons. The van der Waals surface area contributed by atoms with Gasteiger partial charge in [0.1, 0.15) is 0 Å². The molecule has 0 spiro atoms. The minimum atomic E-state index is 0. The van der Waals surface area contributed by atoms with Crippen molar-refractivity contribution in [3.8, 4) is 0 Å². The molecular weight excluding hydrogens is 427 g/mol. The molecule has 3 unspecified atom stereocenters. The van der Waals surface area contributed by atoms with E-state index in [1.807, 2.05) is 32.2 Å². The first-order valence-electron chi connectivity index (χ1n) is 9.23. The highest BCUT2D eigenvalue weighted by atomic mass is 127. The van der Waals surface area contributed by atoms with E-state index in [0.29, 0.717) is 6.04 Å². The van der Waals surface area contributed by atoms with Crippen LogP contribution in [0, 0.1) is 11.8 Å². The number of halogens is 1. The molecule has 142 valence electrons. The summed E-state index contributed by atoms with van der Waals surface area (Å²) in [5, 5.41) is 7.08. The molecule has 2 aliphatic rings. The summed E-state index contributed by atoms with van der Waals surface area (Å²) in [7, 11) is 7.93. The fourth-order valence-electron chi connectivity index (χ4n) is 4.41. The van der Waals surface area contributed by atoms with Crippen molar-refractivity contribution in [3.63, 3.8) is 0 Å². The topological polar surface area (TPSA) is 57.5 Å². The number of nitrogens with one attached hydrogen (secondary N) is 2. The van der Waals surface area contributed by atoms with E-state index in [2.05, 4.69) is 32.2 Å². The van der Waals surface area contributed by atoms with Crippen molar-refractivity contribution in [1.29, 1.82) is 0 Å². The first-order chi connectivity index (χ1) is 11.6. The molecular formula is C18H33IN6. The van der Waals surface area contributed by atoms with Gasteiger partial charge in [-0.15, -0.1) is 24.0 Å². The zero-order valence-electron chi connectivity index (χ0n) is 16.0. The van der Waals surface area contributed by atoms with Crippen molar-refractivity contribution in [2.75, 3.05) is 26.0 Å². The van der Waals surface area contributed by atoms with Crippen molar-refractivity contribution in [2.45, 2.75) is 51.1 Å². The molecule has 1 aromatic rings. The van der Waals surface area contributed by atoms with Crippen LogP contribution in [-0.4, -0.2) is 42.7 Å². The number of aromatic nitrogens is 2. The van der Waals surface area contributed by atoms with Crippen molar-refractivity contribution in [3.05, 3.63) is 11.9 Å². The van der Waals surface area contributed by atoms with Crippen molar-refractivity contribution in [1.82, 2.24) is 20.2 Å². The second-order valence-corrected chi connectivity index (χ2v) is 7.53. The number of guanidine groups is 1. The fraction of sp³-hybridized carbons (Fsp3) is 0.778. The van der Waals surface area contributed by atoms with Crippen molar-refractivity contribution in [2.24, 2.45) is 23.9 Å². The third-order valence-electron chi connectivity index (χ3n) is 5.75. The Hall–Kier alpha value is -0.990. The number of anilines is 1. The predicted molar refractivity (Wildman–Crippen MR) is 115 cm³/mol. The van der Waals surface area contributed by atoms with Crippen LogP contribution < -0.4 is 15.5 Å². The van der Waals surface area contributed by atoms with Gasteiger partial charge in [-0.25, -0.2) is 4.98 Å². The summed E-state index contributed by atoms with van der Waals surface area (Å²) in [6.45, 7) is 0.732. The maximum Gasteiger partial charge on any atom is 0.204 e. The molecule has 3 atom stereocenters. The fourth-order valence-corrected chi connectivity index (χ4v) is 4.41. The number of aliphatic imine (C=N–C) groups is 1. The summed E-state index contributed by atoms with van der Waals surface area (Å²) < 4.78 is 2.12. The summed E-state index contributed by atoms with van der Waals surface area (Å²) in [6.07, 6.45) is 10.2. The highest BCUT2D eigenvalue weighted by molar-refractivity contribution is 14.0. The quantitative estimate of drug-likeness (QED) is 0.412. The SMILES string of the molecule is CN=C(NCc1cnc(N(C)C)n1C)NC1CCC2CCCC2C1.I. The number of hydrogen-bond acceptors (Lipinski definition) is 3. The minimum absolute atomic E-state index is 0. The minimum Gasteiger partial charge on any atom is -0.354 e. The molecule has 2 aliphatic carbocycles. The number of imidazole rings is 1. The van der Waals surface area contributed by atoms with Gasteiger partial charge in [0.25, 0.3) is 0 Å². The Balaban J connectivity index is 0.00000225. The number of hydrogen-bond donors (Lipinski definition) is 2. The Bertz CT molecular complexity index is 582. The van der Waals surface area contributed by atoms with E-state index in [9.17, 15) is 0 Å². The highest BCUT2D eigenvalue weighted by Crippen LogP contribution is 2.41. The monoisotopic (exact) mass is 460 g/mol. The lowest BCUT2D eigenvalue weighted by Gasteiger charge is -2.33. The van der Waals surface area contributed by atoms with E-state index < -0.39 is 0 Å². The van der Waals surface area contributed by atoms with E-state index in [1.165, 1.54) is 38.5 Å². The van der Waals surface area contributed by atoms with Gasteiger partial charge in [0.05, 0.1) is 18.4 Å². The van der Waals surface area contributed by atoms with Gasteiger partial charge in [0, 0.05) is 34.2 Å². The van der Waals surface area contributed by atoms with Crippen LogP contribution in [0.2, 0.25) is 0 Å². The molecule has 0 saturated heterocycles. The van der Waals surface area contributed by atoms with Crippen LogP contribution in [0.4, 0.5) is 5.95 Å². The molecule has 3 rings (SSSR count). The average molecular weight is 460 g/mol. The van der Waals surface area contributed by atoms with E-state index in [-0.39, 0.29) is 24.0 Å². The number of rotatable bonds is 4. The lowest BCUT2D eigenvalue weighted by atomic mass is 9.79. The van der Waals surface area contributed by atoms with E-state index >= 15 is 0 Å². The normalized spacial score (nSPS) is 25.9. The highest BCUT2D eigenvalue weighted by Gasteiger charge is 2.33. The van der Waals surface area contributed by atoms with Gasteiger partial charge in [0.15, 0.2) is 5.96 Å². The molecule has 2 N–H and O–H groups in total. The molecule has 6 nitrogen and oxygen atoms in total. The second-order valence-electron chi connectivity index (χ2n) is 7.53. The largest absolute Gasteiger partial charge is 0.354 e. The zero-order valence-corrected chi connectivity index (χ0v) is 18.3. The van der Waals surface area contributed by atoms with Gasteiger partial charge in [-0.1, -0.05) is 19.3 Å². The average Bonchev–Trinajstić information content (AvgIpc) is 3.17. The molecule has 1 aromatic heterocycles. The smallest absolute Gasteiger partial charge is 0.204 e. The molecule has 0 bridgehead atoms. The van der Waals surface area contributed by atoms with Crippen LogP contribution in [-0.2, 0) is 13.6 Å².